The number of fused-ring (bicyclic) bond motifs is 12. The topological polar surface area (TPSA) is 18.1 Å². The maximum absolute atomic E-state index is 6.82. The maximum Gasteiger partial charge on any atom is 0.143 e. The molecule has 12 rings (SSSR count). The van der Waals surface area contributed by atoms with Crippen molar-refractivity contribution in [1.29, 1.82) is 0 Å². The third kappa shape index (κ3) is 4.57. The van der Waals surface area contributed by atoms with Crippen molar-refractivity contribution in [2.75, 3.05) is 0 Å². The molecule has 2 aromatic heterocycles. The molecule has 0 bridgehead atoms. The van der Waals surface area contributed by atoms with Crippen molar-refractivity contribution in [3.8, 4) is 39.1 Å². The number of hydrogen-bond donors (Lipinski definition) is 0. The molecule has 0 radical (unpaired) electrons. The van der Waals surface area contributed by atoms with E-state index in [2.05, 4.69) is 205 Å². The van der Waals surface area contributed by atoms with Gasteiger partial charge in [-0.2, -0.15) is 0 Å². The molecule has 0 aliphatic heterocycles. The second-order valence-corrected chi connectivity index (χ2v) is 14.8. The summed E-state index contributed by atoms with van der Waals surface area (Å²) < 4.78 is 9.23. The summed E-state index contributed by atoms with van der Waals surface area (Å²) in [5.74, 6) is 0. The molecule has 0 saturated heterocycles. The van der Waals surface area contributed by atoms with E-state index in [1.54, 1.807) is 0 Å². The average Bonchev–Trinajstić information content (AvgIpc) is 3.82. The molecular weight excluding hydrogens is 679 g/mol. The zero-order valence-electron chi connectivity index (χ0n) is 30.4. The summed E-state index contributed by atoms with van der Waals surface area (Å²) in [6.07, 6.45) is 0. The van der Waals surface area contributed by atoms with E-state index in [4.69, 9.17) is 4.42 Å². The van der Waals surface area contributed by atoms with Crippen molar-refractivity contribution in [1.82, 2.24) is 4.57 Å². The largest absolute Gasteiger partial charge is 0.455 e. The van der Waals surface area contributed by atoms with Crippen LogP contribution in [0.25, 0.3) is 115 Å². The number of aromatic nitrogens is 1. The molecular formula is C54H33NO. The summed E-state index contributed by atoms with van der Waals surface area (Å²) in [5.41, 5.74) is 12.2. The summed E-state index contributed by atoms with van der Waals surface area (Å²) in [6.45, 7) is 0. The Morgan fingerprint density at radius 2 is 0.750 bits per heavy atom. The third-order valence-electron chi connectivity index (χ3n) is 11.8. The van der Waals surface area contributed by atoms with Gasteiger partial charge in [0.1, 0.15) is 11.2 Å². The van der Waals surface area contributed by atoms with Gasteiger partial charge in [-0.05, 0) is 91.0 Å². The third-order valence-corrected chi connectivity index (χ3v) is 11.8. The van der Waals surface area contributed by atoms with Crippen LogP contribution >= 0.6 is 0 Å². The Balaban J connectivity index is 1.01. The molecule has 2 heteroatoms. The molecule has 0 aliphatic carbocycles. The molecule has 0 atom stereocenters. The van der Waals surface area contributed by atoms with Crippen LogP contribution in [0.2, 0.25) is 0 Å². The average molecular weight is 712 g/mol. The van der Waals surface area contributed by atoms with Crippen LogP contribution in [0.4, 0.5) is 0 Å². The first-order valence-electron chi connectivity index (χ1n) is 19.3. The number of para-hydroxylation sites is 3. The van der Waals surface area contributed by atoms with Crippen LogP contribution in [-0.4, -0.2) is 4.57 Å². The van der Waals surface area contributed by atoms with E-state index in [9.17, 15) is 0 Å². The van der Waals surface area contributed by atoms with E-state index in [0.29, 0.717) is 0 Å². The second-order valence-electron chi connectivity index (χ2n) is 14.8. The Kier molecular flexibility index (Phi) is 6.66. The molecule has 0 amide bonds. The smallest absolute Gasteiger partial charge is 0.143 e. The summed E-state index contributed by atoms with van der Waals surface area (Å²) in [4.78, 5) is 0. The van der Waals surface area contributed by atoms with E-state index >= 15 is 0 Å². The number of rotatable bonds is 4. The SMILES string of the molecule is c1ccc(-c2cccc3c2oc2c(-c4ccc5c(c4)c4ccccc4n5-c4cccc(-c5ccc6c7ccccc7c7ccccc7c6c5)c4)cccc23)cc1. The van der Waals surface area contributed by atoms with Gasteiger partial charge in [0.05, 0.1) is 11.0 Å². The number of benzene rings is 10. The minimum Gasteiger partial charge on any atom is -0.455 e. The van der Waals surface area contributed by atoms with E-state index in [0.717, 1.165) is 49.9 Å². The highest BCUT2D eigenvalue weighted by Gasteiger charge is 2.18. The highest BCUT2D eigenvalue weighted by atomic mass is 16.3. The van der Waals surface area contributed by atoms with E-state index in [-0.39, 0.29) is 0 Å². The lowest BCUT2D eigenvalue weighted by atomic mass is 9.92. The Morgan fingerprint density at radius 1 is 0.268 bits per heavy atom. The van der Waals surface area contributed by atoms with Crippen LogP contribution in [0.15, 0.2) is 205 Å². The molecule has 2 nitrogen and oxygen atoms in total. The lowest BCUT2D eigenvalue weighted by molar-refractivity contribution is 0.671. The van der Waals surface area contributed by atoms with Crippen molar-refractivity contribution in [3.05, 3.63) is 200 Å². The van der Waals surface area contributed by atoms with E-state index in [1.165, 1.54) is 65.3 Å². The molecule has 2 heterocycles. The minimum atomic E-state index is 0.915. The fraction of sp³-hybridized carbons (Fsp3) is 0. The second kappa shape index (κ2) is 12.0. The first kappa shape index (κ1) is 31.0. The zero-order chi connectivity index (χ0) is 36.7. The predicted molar refractivity (Wildman–Crippen MR) is 237 cm³/mol. The molecule has 0 N–H and O–H groups in total. The van der Waals surface area contributed by atoms with Crippen molar-refractivity contribution in [3.63, 3.8) is 0 Å². The molecule has 0 spiro atoms. The van der Waals surface area contributed by atoms with Crippen molar-refractivity contribution in [2.45, 2.75) is 0 Å². The Hall–Kier alpha value is -7.42. The minimum absolute atomic E-state index is 0.915. The van der Waals surface area contributed by atoms with Crippen LogP contribution in [0.5, 0.6) is 0 Å². The van der Waals surface area contributed by atoms with Crippen molar-refractivity contribution >= 4 is 76.1 Å². The van der Waals surface area contributed by atoms with Gasteiger partial charge >= 0.3 is 0 Å². The van der Waals surface area contributed by atoms with Gasteiger partial charge in [0, 0.05) is 38.4 Å². The van der Waals surface area contributed by atoms with Crippen molar-refractivity contribution < 1.29 is 4.42 Å². The van der Waals surface area contributed by atoms with Crippen LogP contribution in [-0.2, 0) is 0 Å². The van der Waals surface area contributed by atoms with Gasteiger partial charge in [-0.3, -0.25) is 0 Å². The lowest BCUT2D eigenvalue weighted by Crippen LogP contribution is -1.94. The first-order chi connectivity index (χ1) is 27.8. The van der Waals surface area contributed by atoms with E-state index in [1.807, 2.05) is 0 Å². The van der Waals surface area contributed by atoms with Crippen LogP contribution < -0.4 is 0 Å². The molecule has 0 unspecified atom stereocenters. The molecule has 260 valence electrons. The molecule has 0 saturated carbocycles. The summed E-state index contributed by atoms with van der Waals surface area (Å²) in [5, 5.41) is 12.4. The summed E-state index contributed by atoms with van der Waals surface area (Å²) in [6, 6.07) is 72.6. The van der Waals surface area contributed by atoms with Gasteiger partial charge in [-0.25, -0.2) is 0 Å². The lowest BCUT2D eigenvalue weighted by Gasteiger charge is -2.13. The quantitative estimate of drug-likeness (QED) is 0.166. The first-order valence-corrected chi connectivity index (χ1v) is 19.3. The summed E-state index contributed by atoms with van der Waals surface area (Å²) in [7, 11) is 0. The monoisotopic (exact) mass is 711 g/mol. The highest BCUT2D eigenvalue weighted by Crippen LogP contribution is 2.42. The fourth-order valence-corrected chi connectivity index (χ4v) is 9.22. The molecule has 12 aromatic rings. The van der Waals surface area contributed by atoms with Crippen LogP contribution in [0.1, 0.15) is 0 Å². The van der Waals surface area contributed by atoms with Gasteiger partial charge in [0.15, 0.2) is 0 Å². The van der Waals surface area contributed by atoms with Crippen molar-refractivity contribution in [2.24, 2.45) is 0 Å². The van der Waals surface area contributed by atoms with Gasteiger partial charge in [0.2, 0.25) is 0 Å². The van der Waals surface area contributed by atoms with Gasteiger partial charge in [0.25, 0.3) is 0 Å². The Labute approximate surface area is 323 Å². The Morgan fingerprint density at radius 3 is 1.46 bits per heavy atom. The van der Waals surface area contributed by atoms with Gasteiger partial charge < -0.3 is 8.98 Å². The summed E-state index contributed by atoms with van der Waals surface area (Å²) >= 11 is 0. The molecule has 0 aliphatic rings. The van der Waals surface area contributed by atoms with E-state index < -0.39 is 0 Å². The molecule has 0 fully saturated rings. The highest BCUT2D eigenvalue weighted by molar-refractivity contribution is 6.26. The molecule has 10 aromatic carbocycles. The van der Waals surface area contributed by atoms with Gasteiger partial charge in [-0.1, -0.05) is 164 Å². The fourth-order valence-electron chi connectivity index (χ4n) is 9.22. The normalized spacial score (nSPS) is 11.9. The standard InChI is InChI=1S/C54H33NO/c1-2-13-34(14-3-1)39-22-11-24-47-48-25-12-23-40(54(48)56-53(39)47)37-28-30-52-50(33-37)46-21-8-9-26-51(46)55(52)38-16-10-15-35(31-38)36-27-29-45-43-19-5-4-17-41(43)42-18-6-7-20-44(42)49(45)32-36/h1-33H. The predicted octanol–water partition coefficient (Wildman–Crippen LogP) is 15.1. The zero-order valence-corrected chi connectivity index (χ0v) is 30.4. The Bertz CT molecular complexity index is 3500. The number of furan rings is 1. The molecule has 56 heavy (non-hydrogen) atoms. The van der Waals surface area contributed by atoms with Crippen LogP contribution in [0.3, 0.4) is 0 Å². The number of hydrogen-bond acceptors (Lipinski definition) is 1. The van der Waals surface area contributed by atoms with Crippen LogP contribution in [0, 0.1) is 0 Å². The number of nitrogens with zero attached hydrogens (tertiary/aromatic N) is 1. The maximum atomic E-state index is 6.82. The van der Waals surface area contributed by atoms with Gasteiger partial charge in [-0.15, -0.1) is 0 Å².